The lowest BCUT2D eigenvalue weighted by Gasteiger charge is -2.32. The summed E-state index contributed by atoms with van der Waals surface area (Å²) in [5, 5.41) is 16.1. The molecule has 1 saturated heterocycles. The van der Waals surface area contributed by atoms with E-state index < -0.39 is 12.1 Å². The molecule has 1 fully saturated rings. The fourth-order valence-corrected chi connectivity index (χ4v) is 5.22. The van der Waals surface area contributed by atoms with Crippen molar-refractivity contribution in [2.24, 2.45) is 5.92 Å². The van der Waals surface area contributed by atoms with Crippen molar-refractivity contribution in [3.8, 4) is 10.4 Å². The molecule has 2 heterocycles. The molecule has 1 aromatic heterocycles. The van der Waals surface area contributed by atoms with Crippen molar-refractivity contribution in [3.05, 3.63) is 41.0 Å². The van der Waals surface area contributed by atoms with Crippen molar-refractivity contribution in [3.63, 3.8) is 0 Å². The number of carbonyl (C=O) groups is 2. The molecular weight excluding hydrogens is 444 g/mol. The number of aliphatic hydroxyl groups excluding tert-OH is 1. The van der Waals surface area contributed by atoms with Gasteiger partial charge in [0.25, 0.3) is 0 Å². The molecule has 0 aliphatic carbocycles. The summed E-state index contributed by atoms with van der Waals surface area (Å²) < 4.78 is 0. The molecule has 7 nitrogen and oxygen atoms in total. The fourth-order valence-electron chi connectivity index (χ4n) is 3.88. The maximum Gasteiger partial charge on any atom is 0.243 e. The van der Waals surface area contributed by atoms with Crippen LogP contribution in [0.1, 0.15) is 38.4 Å². The van der Waals surface area contributed by atoms with Crippen LogP contribution < -0.4 is 10.6 Å². The minimum Gasteiger partial charge on any atom is -0.391 e. The highest BCUT2D eigenvalue weighted by Gasteiger charge is 2.39. The van der Waals surface area contributed by atoms with E-state index in [0.29, 0.717) is 18.0 Å². The fraction of sp³-hybridized carbons (Fsp3) is 0.478. The number of β-amino-alcohol motifs (C(OH)–C–C–N with tert-alkyl or cyclic N) is 1. The Morgan fingerprint density at radius 3 is 2.56 bits per heavy atom. The molecule has 0 bridgehead atoms. The summed E-state index contributed by atoms with van der Waals surface area (Å²) in [5.74, 6) is -0.297. The molecule has 3 rings (SSSR count). The largest absolute Gasteiger partial charge is 0.391 e. The Morgan fingerprint density at radius 1 is 1.31 bits per heavy atom. The van der Waals surface area contributed by atoms with Crippen molar-refractivity contribution in [1.82, 2.24) is 20.5 Å². The van der Waals surface area contributed by atoms with Gasteiger partial charge in [0.1, 0.15) is 11.0 Å². The van der Waals surface area contributed by atoms with E-state index in [2.05, 4.69) is 15.6 Å². The van der Waals surface area contributed by atoms with E-state index in [4.69, 9.17) is 12.2 Å². The Hall–Kier alpha value is -2.36. The first-order valence-corrected chi connectivity index (χ1v) is 12.0. The number of likely N-dealkylation sites (tertiary alicyclic amines) is 1. The topological polar surface area (TPSA) is 94.6 Å². The number of nitrogens with zero attached hydrogens (tertiary/aromatic N) is 2. The molecule has 3 N–H and O–H groups in total. The molecular formula is C23H30N4O3S2. The van der Waals surface area contributed by atoms with Gasteiger partial charge < -0.3 is 20.6 Å². The lowest BCUT2D eigenvalue weighted by molar-refractivity contribution is -0.124. The summed E-state index contributed by atoms with van der Waals surface area (Å²) in [5.41, 5.74) is 4.93. The number of aromatic nitrogens is 1. The summed E-state index contributed by atoms with van der Waals surface area (Å²) in [6.45, 7) is 8.03. The number of rotatable bonds is 7. The summed E-state index contributed by atoms with van der Waals surface area (Å²) in [4.78, 5) is 32.3. The van der Waals surface area contributed by atoms with E-state index in [1.807, 2.05) is 50.5 Å². The smallest absolute Gasteiger partial charge is 0.243 e. The van der Waals surface area contributed by atoms with Gasteiger partial charge in [0, 0.05) is 26.4 Å². The van der Waals surface area contributed by atoms with E-state index in [1.165, 1.54) is 6.92 Å². The van der Waals surface area contributed by atoms with Crippen molar-refractivity contribution < 1.29 is 14.7 Å². The highest BCUT2D eigenvalue weighted by atomic mass is 32.1. The van der Waals surface area contributed by atoms with Gasteiger partial charge in [-0.3, -0.25) is 9.59 Å². The first-order valence-electron chi connectivity index (χ1n) is 10.7. The van der Waals surface area contributed by atoms with Crippen molar-refractivity contribution >= 4 is 40.4 Å². The van der Waals surface area contributed by atoms with Gasteiger partial charge in [-0.05, 0) is 24.0 Å². The second-order valence-electron chi connectivity index (χ2n) is 8.50. The predicted octanol–water partition coefficient (Wildman–Crippen LogP) is 2.66. The Labute approximate surface area is 198 Å². The molecule has 32 heavy (non-hydrogen) atoms. The standard InChI is InChI=1S/C23H30N4O3S2/c1-13(2)20(26-15(4)28)23(31)27-11-18(29)9-19(27)22(30)24-10-16-5-7-17(8-6-16)21-14(3)25-12-32-21/h5-8,12-13,18-20,29H,9-11H2,1-4H3,(H,24,30)(H,26,28)/t18-,19+,20?/m1/s1. The molecule has 172 valence electrons. The summed E-state index contributed by atoms with van der Waals surface area (Å²) >= 11 is 7.24. The number of hydrogen-bond acceptors (Lipinski definition) is 6. The first-order chi connectivity index (χ1) is 15.2. The van der Waals surface area contributed by atoms with Crippen molar-refractivity contribution in [2.45, 2.75) is 58.8 Å². The number of benzene rings is 1. The third kappa shape index (κ3) is 5.70. The van der Waals surface area contributed by atoms with Crippen LogP contribution in [0.4, 0.5) is 0 Å². The molecule has 3 atom stereocenters. The minimum absolute atomic E-state index is 0.0635. The molecule has 0 saturated carbocycles. The van der Waals surface area contributed by atoms with Gasteiger partial charge in [-0.15, -0.1) is 11.3 Å². The second kappa shape index (κ2) is 10.5. The van der Waals surface area contributed by atoms with Crippen LogP contribution in [0.25, 0.3) is 10.4 Å². The number of aliphatic hydroxyl groups is 1. The number of nitrogens with one attached hydrogen (secondary N) is 2. The average molecular weight is 475 g/mol. The molecule has 1 aliphatic rings. The van der Waals surface area contributed by atoms with Crippen LogP contribution in [0.15, 0.2) is 29.8 Å². The van der Waals surface area contributed by atoms with E-state index in [9.17, 15) is 14.7 Å². The third-order valence-corrected chi connectivity index (χ3v) is 7.05. The van der Waals surface area contributed by atoms with Crippen LogP contribution in [0.3, 0.4) is 0 Å². The Balaban J connectivity index is 1.64. The molecule has 2 amide bonds. The molecule has 0 spiro atoms. The zero-order valence-corrected chi connectivity index (χ0v) is 20.4. The third-order valence-electron chi connectivity index (χ3n) is 5.58. The van der Waals surface area contributed by atoms with Gasteiger partial charge in [-0.2, -0.15) is 0 Å². The van der Waals surface area contributed by atoms with Gasteiger partial charge in [-0.25, -0.2) is 4.98 Å². The van der Waals surface area contributed by atoms with Gasteiger partial charge in [-0.1, -0.05) is 50.3 Å². The highest BCUT2D eigenvalue weighted by Crippen LogP contribution is 2.27. The van der Waals surface area contributed by atoms with E-state index in [1.54, 1.807) is 16.2 Å². The average Bonchev–Trinajstić information content (AvgIpc) is 3.35. The Bertz CT molecular complexity index is 974. The molecule has 0 radical (unpaired) electrons. The lowest BCUT2D eigenvalue weighted by Crippen LogP contribution is -2.54. The van der Waals surface area contributed by atoms with E-state index in [0.717, 1.165) is 21.7 Å². The van der Waals surface area contributed by atoms with Crippen LogP contribution in [-0.2, 0) is 16.1 Å². The summed E-state index contributed by atoms with van der Waals surface area (Å²) in [6, 6.07) is 7.11. The van der Waals surface area contributed by atoms with Crippen LogP contribution in [-0.4, -0.2) is 56.5 Å². The van der Waals surface area contributed by atoms with Gasteiger partial charge in [0.2, 0.25) is 11.8 Å². The van der Waals surface area contributed by atoms with E-state index >= 15 is 0 Å². The number of thiocarbonyl (C=S) groups is 1. The second-order valence-corrected chi connectivity index (χ2v) is 9.77. The number of carbonyl (C=O) groups excluding carboxylic acids is 2. The summed E-state index contributed by atoms with van der Waals surface area (Å²) in [6.07, 6.45) is -0.337. The number of aryl methyl sites for hydroxylation is 1. The number of hydrogen-bond donors (Lipinski definition) is 3. The molecule has 2 aromatic rings. The van der Waals surface area contributed by atoms with Crippen molar-refractivity contribution in [2.75, 3.05) is 6.54 Å². The normalized spacial score (nSPS) is 19.1. The highest BCUT2D eigenvalue weighted by molar-refractivity contribution is 7.80. The molecule has 9 heteroatoms. The van der Waals surface area contributed by atoms with Crippen LogP contribution in [0, 0.1) is 12.8 Å². The van der Waals surface area contributed by atoms with Crippen LogP contribution in [0.2, 0.25) is 0 Å². The molecule has 1 unspecified atom stereocenters. The van der Waals surface area contributed by atoms with Gasteiger partial charge in [0.05, 0.1) is 28.2 Å². The maximum atomic E-state index is 13.0. The minimum atomic E-state index is -0.643. The maximum absolute atomic E-state index is 13.0. The Morgan fingerprint density at radius 2 is 2.00 bits per heavy atom. The van der Waals surface area contributed by atoms with Crippen molar-refractivity contribution in [1.29, 1.82) is 0 Å². The Kier molecular flexibility index (Phi) is 7.97. The quantitative estimate of drug-likeness (QED) is 0.534. The first kappa shape index (κ1) is 24.3. The van der Waals surface area contributed by atoms with Gasteiger partial charge in [0.15, 0.2) is 0 Å². The van der Waals surface area contributed by atoms with Crippen LogP contribution >= 0.6 is 23.6 Å². The zero-order chi connectivity index (χ0) is 23.4. The molecule has 1 aliphatic heterocycles. The summed E-state index contributed by atoms with van der Waals surface area (Å²) in [7, 11) is 0. The van der Waals surface area contributed by atoms with Gasteiger partial charge >= 0.3 is 0 Å². The number of amides is 2. The zero-order valence-electron chi connectivity index (χ0n) is 18.8. The number of thiazole rings is 1. The van der Waals surface area contributed by atoms with E-state index in [-0.39, 0.29) is 30.3 Å². The lowest BCUT2D eigenvalue weighted by atomic mass is 10.0. The SMILES string of the molecule is CC(=O)NC(C(=S)N1C[C@H](O)C[C@H]1C(=O)NCc1ccc(-c2scnc2C)cc1)C(C)C. The monoisotopic (exact) mass is 474 g/mol. The predicted molar refractivity (Wildman–Crippen MR) is 130 cm³/mol. The molecule has 1 aromatic carbocycles. The van der Waals surface area contributed by atoms with Crippen LogP contribution in [0.5, 0.6) is 0 Å².